The lowest BCUT2D eigenvalue weighted by molar-refractivity contribution is -0.118. The van der Waals surface area contributed by atoms with Crippen molar-refractivity contribution >= 4 is 17.7 Å². The van der Waals surface area contributed by atoms with Gasteiger partial charge in [-0.15, -0.1) is 16.8 Å². The molecule has 0 saturated carbocycles. The maximum atomic E-state index is 12.3. The summed E-state index contributed by atoms with van der Waals surface area (Å²) >= 11 is 1.35. The second-order valence-electron chi connectivity index (χ2n) is 5.95. The number of aromatic nitrogens is 3. The first-order valence-corrected chi connectivity index (χ1v) is 9.82. The topological polar surface area (TPSA) is 69.0 Å². The molecule has 0 spiro atoms. The van der Waals surface area contributed by atoms with Crippen LogP contribution < -0.4 is 10.1 Å². The lowest BCUT2D eigenvalue weighted by Gasteiger charge is -2.10. The van der Waals surface area contributed by atoms with Gasteiger partial charge in [-0.05, 0) is 6.07 Å². The Morgan fingerprint density at radius 2 is 1.93 bits per heavy atom. The van der Waals surface area contributed by atoms with Crippen LogP contribution in [0.5, 0.6) is 5.75 Å². The molecule has 28 heavy (non-hydrogen) atoms. The van der Waals surface area contributed by atoms with Gasteiger partial charge in [-0.3, -0.25) is 9.36 Å². The summed E-state index contributed by atoms with van der Waals surface area (Å²) in [4.78, 5) is 12.3. The van der Waals surface area contributed by atoms with Crippen LogP contribution in [0.2, 0.25) is 0 Å². The largest absolute Gasteiger partial charge is 0.496 e. The number of hydrogen-bond donors (Lipinski definition) is 1. The Morgan fingerprint density at radius 3 is 2.68 bits per heavy atom. The predicted molar refractivity (Wildman–Crippen MR) is 111 cm³/mol. The lowest BCUT2D eigenvalue weighted by atomic mass is 10.2. The molecule has 0 radical (unpaired) electrons. The summed E-state index contributed by atoms with van der Waals surface area (Å²) in [6, 6.07) is 17.5. The number of carbonyl (C=O) groups is 1. The van der Waals surface area contributed by atoms with E-state index in [1.54, 1.807) is 13.2 Å². The van der Waals surface area contributed by atoms with Gasteiger partial charge >= 0.3 is 0 Å². The Labute approximate surface area is 168 Å². The van der Waals surface area contributed by atoms with Crippen LogP contribution in [0.3, 0.4) is 0 Å². The molecule has 1 aromatic heterocycles. The molecule has 0 aliphatic carbocycles. The Kier molecular flexibility index (Phi) is 6.86. The molecule has 1 amide bonds. The molecule has 1 N–H and O–H groups in total. The van der Waals surface area contributed by atoms with E-state index in [1.807, 2.05) is 59.2 Å². The monoisotopic (exact) mass is 394 g/mol. The van der Waals surface area contributed by atoms with E-state index in [0.29, 0.717) is 18.2 Å². The number of allylic oxidation sites excluding steroid dienone is 1. The zero-order valence-electron chi connectivity index (χ0n) is 15.7. The van der Waals surface area contributed by atoms with Gasteiger partial charge in [0.1, 0.15) is 5.75 Å². The number of nitrogens with one attached hydrogen (secondary N) is 1. The Morgan fingerprint density at radius 1 is 1.18 bits per heavy atom. The van der Waals surface area contributed by atoms with Gasteiger partial charge in [-0.25, -0.2) is 0 Å². The third-order valence-corrected chi connectivity index (χ3v) is 5.03. The molecule has 0 fully saturated rings. The molecule has 0 aliphatic heterocycles. The van der Waals surface area contributed by atoms with Crippen LogP contribution in [-0.2, 0) is 17.9 Å². The lowest BCUT2D eigenvalue weighted by Crippen LogP contribution is -2.25. The van der Waals surface area contributed by atoms with Crippen molar-refractivity contribution in [1.82, 2.24) is 20.1 Å². The minimum Gasteiger partial charge on any atom is -0.496 e. The van der Waals surface area contributed by atoms with Crippen molar-refractivity contribution in [2.24, 2.45) is 0 Å². The summed E-state index contributed by atoms with van der Waals surface area (Å²) in [7, 11) is 1.62. The number of rotatable bonds is 9. The molecule has 3 aromatic rings. The summed E-state index contributed by atoms with van der Waals surface area (Å²) in [5.74, 6) is 1.69. The minimum atomic E-state index is -0.0784. The number of para-hydroxylation sites is 1. The average Bonchev–Trinajstić information content (AvgIpc) is 3.14. The number of nitrogens with zero attached hydrogens (tertiary/aromatic N) is 3. The number of amides is 1. The molecule has 0 unspecified atom stereocenters. The van der Waals surface area contributed by atoms with Crippen molar-refractivity contribution in [1.29, 1.82) is 0 Å². The quantitative estimate of drug-likeness (QED) is 0.444. The van der Waals surface area contributed by atoms with E-state index in [9.17, 15) is 4.79 Å². The molecule has 0 bridgehead atoms. The van der Waals surface area contributed by atoms with Crippen LogP contribution in [-0.4, -0.2) is 33.5 Å². The van der Waals surface area contributed by atoms with Crippen LogP contribution in [0.1, 0.15) is 5.56 Å². The van der Waals surface area contributed by atoms with Crippen molar-refractivity contribution < 1.29 is 9.53 Å². The highest BCUT2D eigenvalue weighted by molar-refractivity contribution is 7.99. The summed E-state index contributed by atoms with van der Waals surface area (Å²) in [6.07, 6.45) is 1.79. The summed E-state index contributed by atoms with van der Waals surface area (Å²) < 4.78 is 7.27. The molecule has 6 nitrogen and oxygen atoms in total. The molecular formula is C21H22N4O2S. The van der Waals surface area contributed by atoms with Crippen molar-refractivity contribution in [3.05, 3.63) is 72.8 Å². The zero-order valence-corrected chi connectivity index (χ0v) is 16.5. The predicted octanol–water partition coefficient (Wildman–Crippen LogP) is 3.55. The fourth-order valence-corrected chi connectivity index (χ4v) is 3.49. The fourth-order valence-electron chi connectivity index (χ4n) is 2.71. The van der Waals surface area contributed by atoms with Gasteiger partial charge in [0.2, 0.25) is 5.91 Å². The molecule has 2 aromatic carbocycles. The highest BCUT2D eigenvalue weighted by Gasteiger charge is 2.15. The average molecular weight is 395 g/mol. The van der Waals surface area contributed by atoms with Crippen molar-refractivity contribution in [2.45, 2.75) is 18.2 Å². The number of methoxy groups -OCH3 is 1. The molecule has 144 valence electrons. The van der Waals surface area contributed by atoms with E-state index >= 15 is 0 Å². The van der Waals surface area contributed by atoms with Crippen molar-refractivity contribution in [3.8, 4) is 17.1 Å². The fraction of sp³-hybridized carbons (Fsp3) is 0.190. The smallest absolute Gasteiger partial charge is 0.230 e. The standard InChI is InChI=1S/C21H22N4O2S/c1-3-13-25-20(16-9-5-4-6-10-16)23-24-21(25)28-15-19(26)22-14-17-11-7-8-12-18(17)27-2/h3-12H,1,13-15H2,2H3,(H,22,26). The Balaban J connectivity index is 1.63. The first-order chi connectivity index (χ1) is 13.7. The van der Waals surface area contributed by atoms with E-state index in [2.05, 4.69) is 22.1 Å². The SMILES string of the molecule is C=CCn1c(SCC(=O)NCc2ccccc2OC)nnc1-c1ccccc1. The Bertz CT molecular complexity index is 941. The summed E-state index contributed by atoms with van der Waals surface area (Å²) in [6.45, 7) is 4.80. The number of benzene rings is 2. The highest BCUT2D eigenvalue weighted by atomic mass is 32.2. The van der Waals surface area contributed by atoms with Gasteiger partial charge in [0.25, 0.3) is 0 Å². The van der Waals surface area contributed by atoms with Crippen LogP contribution in [0.15, 0.2) is 72.4 Å². The molecular weight excluding hydrogens is 372 g/mol. The molecule has 0 aliphatic rings. The van der Waals surface area contributed by atoms with Crippen LogP contribution in [0.25, 0.3) is 11.4 Å². The van der Waals surface area contributed by atoms with Gasteiger partial charge < -0.3 is 10.1 Å². The summed E-state index contributed by atoms with van der Waals surface area (Å²) in [5, 5.41) is 12.2. The number of thioether (sulfide) groups is 1. The van der Waals surface area contributed by atoms with Crippen LogP contribution >= 0.6 is 11.8 Å². The van der Waals surface area contributed by atoms with Gasteiger partial charge in [-0.1, -0.05) is 66.4 Å². The summed E-state index contributed by atoms with van der Waals surface area (Å²) in [5.41, 5.74) is 1.91. The zero-order chi connectivity index (χ0) is 19.8. The van der Waals surface area contributed by atoms with E-state index in [-0.39, 0.29) is 11.7 Å². The van der Waals surface area contributed by atoms with Crippen LogP contribution in [0.4, 0.5) is 0 Å². The number of ether oxygens (including phenoxy) is 1. The van der Waals surface area contributed by atoms with E-state index < -0.39 is 0 Å². The normalized spacial score (nSPS) is 10.5. The van der Waals surface area contributed by atoms with Crippen molar-refractivity contribution in [3.63, 3.8) is 0 Å². The van der Waals surface area contributed by atoms with E-state index in [1.165, 1.54) is 11.8 Å². The highest BCUT2D eigenvalue weighted by Crippen LogP contribution is 2.24. The third-order valence-electron chi connectivity index (χ3n) is 4.06. The maximum absolute atomic E-state index is 12.3. The molecule has 7 heteroatoms. The van der Waals surface area contributed by atoms with E-state index in [0.717, 1.165) is 22.7 Å². The van der Waals surface area contributed by atoms with Crippen molar-refractivity contribution in [2.75, 3.05) is 12.9 Å². The minimum absolute atomic E-state index is 0.0784. The Hall–Kier alpha value is -3.06. The van der Waals surface area contributed by atoms with E-state index in [4.69, 9.17) is 4.74 Å². The maximum Gasteiger partial charge on any atom is 0.230 e. The van der Waals surface area contributed by atoms with Crippen LogP contribution in [0, 0.1) is 0 Å². The molecule has 0 saturated heterocycles. The van der Waals surface area contributed by atoms with Gasteiger partial charge in [0, 0.05) is 24.2 Å². The molecule has 1 heterocycles. The molecule has 3 rings (SSSR count). The second-order valence-corrected chi connectivity index (χ2v) is 6.89. The first-order valence-electron chi connectivity index (χ1n) is 8.84. The van der Waals surface area contributed by atoms with Gasteiger partial charge in [-0.2, -0.15) is 0 Å². The second kappa shape index (κ2) is 9.75. The molecule has 0 atom stereocenters. The number of carbonyl (C=O) groups excluding carboxylic acids is 1. The third kappa shape index (κ3) is 4.80. The first kappa shape index (κ1) is 19.7. The number of hydrogen-bond acceptors (Lipinski definition) is 5. The van der Waals surface area contributed by atoms with Gasteiger partial charge in [0.15, 0.2) is 11.0 Å². The van der Waals surface area contributed by atoms with Gasteiger partial charge in [0.05, 0.1) is 12.9 Å².